The summed E-state index contributed by atoms with van der Waals surface area (Å²) in [5, 5.41) is 12.7. The van der Waals surface area contributed by atoms with Crippen molar-refractivity contribution in [3.8, 4) is 0 Å². The van der Waals surface area contributed by atoms with Crippen LogP contribution in [0, 0.1) is 0 Å². The van der Waals surface area contributed by atoms with Gasteiger partial charge in [-0.05, 0) is 25.8 Å². The fraction of sp³-hybridized carbons (Fsp3) is 0.385. The Balaban J connectivity index is 2.18. The van der Waals surface area contributed by atoms with Gasteiger partial charge in [-0.15, -0.1) is 11.6 Å². The van der Waals surface area contributed by atoms with Gasteiger partial charge < -0.3 is 5.32 Å². The van der Waals surface area contributed by atoms with Crippen molar-refractivity contribution in [1.29, 1.82) is 0 Å². The predicted octanol–water partition coefficient (Wildman–Crippen LogP) is 3.45. The van der Waals surface area contributed by atoms with Crippen molar-refractivity contribution in [3.63, 3.8) is 0 Å². The van der Waals surface area contributed by atoms with Crippen LogP contribution in [0.15, 0.2) is 30.5 Å². The molecule has 1 aromatic carbocycles. The number of hydrogen-bond donors (Lipinski definition) is 1. The number of anilines is 1. The Morgan fingerprint density at radius 3 is 3.00 bits per heavy atom. The highest BCUT2D eigenvalue weighted by molar-refractivity contribution is 6.17. The van der Waals surface area contributed by atoms with E-state index in [0.717, 1.165) is 29.4 Å². The fourth-order valence-electron chi connectivity index (χ4n) is 1.84. The first-order chi connectivity index (χ1) is 8.31. The monoisotopic (exact) mass is 249 g/mol. The maximum Gasteiger partial charge on any atom is 0.0950 e. The van der Waals surface area contributed by atoms with Crippen LogP contribution in [-0.4, -0.2) is 22.1 Å². The molecule has 0 aliphatic carbocycles. The van der Waals surface area contributed by atoms with Gasteiger partial charge in [0.1, 0.15) is 0 Å². The summed E-state index contributed by atoms with van der Waals surface area (Å²) in [5.74, 6) is 0.710. The van der Waals surface area contributed by atoms with Crippen molar-refractivity contribution in [2.24, 2.45) is 0 Å². The quantitative estimate of drug-likeness (QED) is 0.825. The van der Waals surface area contributed by atoms with Gasteiger partial charge in [-0.2, -0.15) is 10.2 Å². The van der Waals surface area contributed by atoms with E-state index < -0.39 is 0 Å². The first kappa shape index (κ1) is 12.1. The van der Waals surface area contributed by atoms with Crippen molar-refractivity contribution in [2.75, 3.05) is 11.2 Å². The van der Waals surface area contributed by atoms with Gasteiger partial charge in [0.05, 0.1) is 17.4 Å². The van der Waals surface area contributed by atoms with Crippen LogP contribution in [0.4, 0.5) is 5.69 Å². The summed E-state index contributed by atoms with van der Waals surface area (Å²) in [6.45, 7) is 2.15. The molecule has 0 bridgehead atoms. The van der Waals surface area contributed by atoms with Gasteiger partial charge >= 0.3 is 0 Å². The number of benzene rings is 1. The zero-order valence-electron chi connectivity index (χ0n) is 9.86. The van der Waals surface area contributed by atoms with Gasteiger partial charge in [-0.1, -0.05) is 18.2 Å². The number of nitrogens with zero attached hydrogens (tertiary/aromatic N) is 2. The molecule has 0 saturated heterocycles. The maximum absolute atomic E-state index is 5.69. The summed E-state index contributed by atoms with van der Waals surface area (Å²) in [7, 11) is 0. The van der Waals surface area contributed by atoms with Gasteiger partial charge in [-0.3, -0.25) is 0 Å². The average Bonchev–Trinajstić information content (AvgIpc) is 2.37. The summed E-state index contributed by atoms with van der Waals surface area (Å²) in [4.78, 5) is 0. The Kier molecular flexibility index (Phi) is 4.15. The molecule has 2 aromatic rings. The zero-order chi connectivity index (χ0) is 12.1. The number of halogens is 1. The number of nitrogens with one attached hydrogen (secondary N) is 1. The molecule has 0 radical (unpaired) electrons. The number of hydrogen-bond acceptors (Lipinski definition) is 3. The van der Waals surface area contributed by atoms with Crippen LogP contribution >= 0.6 is 11.6 Å². The highest BCUT2D eigenvalue weighted by atomic mass is 35.5. The molecule has 1 atom stereocenters. The lowest BCUT2D eigenvalue weighted by atomic mass is 10.1. The van der Waals surface area contributed by atoms with Crippen molar-refractivity contribution in [1.82, 2.24) is 10.2 Å². The van der Waals surface area contributed by atoms with Crippen LogP contribution in [0.1, 0.15) is 19.8 Å². The van der Waals surface area contributed by atoms with Crippen LogP contribution in [-0.2, 0) is 0 Å². The normalized spacial score (nSPS) is 12.6. The van der Waals surface area contributed by atoms with Gasteiger partial charge in [0.25, 0.3) is 0 Å². The van der Waals surface area contributed by atoms with E-state index in [4.69, 9.17) is 11.6 Å². The van der Waals surface area contributed by atoms with Crippen molar-refractivity contribution >= 4 is 28.2 Å². The molecule has 0 aliphatic rings. The average molecular weight is 250 g/mol. The molecule has 4 heteroatoms. The molecular weight excluding hydrogens is 234 g/mol. The van der Waals surface area contributed by atoms with E-state index in [9.17, 15) is 0 Å². The van der Waals surface area contributed by atoms with Crippen LogP contribution in [0.25, 0.3) is 10.9 Å². The topological polar surface area (TPSA) is 37.8 Å². The Hall–Kier alpha value is -1.35. The molecule has 0 fully saturated rings. The summed E-state index contributed by atoms with van der Waals surface area (Å²) in [6.07, 6.45) is 3.85. The third-order valence-corrected chi connectivity index (χ3v) is 2.99. The summed E-state index contributed by atoms with van der Waals surface area (Å²) < 4.78 is 0. The maximum atomic E-state index is 5.69. The van der Waals surface area contributed by atoms with Crippen molar-refractivity contribution in [2.45, 2.75) is 25.8 Å². The molecule has 17 heavy (non-hydrogen) atoms. The second kappa shape index (κ2) is 5.82. The minimum Gasteiger partial charge on any atom is -0.381 e. The molecule has 2 rings (SSSR count). The third kappa shape index (κ3) is 3.07. The molecule has 0 spiro atoms. The summed E-state index contributed by atoms with van der Waals surface area (Å²) >= 11 is 5.69. The molecule has 1 N–H and O–H groups in total. The van der Waals surface area contributed by atoms with E-state index in [0.29, 0.717) is 11.9 Å². The molecule has 1 aromatic heterocycles. The molecule has 3 nitrogen and oxygen atoms in total. The Bertz CT molecular complexity index is 482. The number of fused-ring (bicyclic) bond motifs is 1. The van der Waals surface area contributed by atoms with Gasteiger partial charge in [0.2, 0.25) is 0 Å². The Labute approximate surface area is 106 Å². The Morgan fingerprint density at radius 2 is 2.18 bits per heavy atom. The van der Waals surface area contributed by atoms with E-state index in [2.05, 4.69) is 28.5 Å². The minimum atomic E-state index is 0.390. The molecule has 1 heterocycles. The first-order valence-electron chi connectivity index (χ1n) is 5.84. The summed E-state index contributed by atoms with van der Waals surface area (Å²) in [5.41, 5.74) is 1.96. The van der Waals surface area contributed by atoms with Crippen LogP contribution in [0.3, 0.4) is 0 Å². The van der Waals surface area contributed by atoms with E-state index in [1.165, 1.54) is 0 Å². The predicted molar refractivity (Wildman–Crippen MR) is 72.6 cm³/mol. The van der Waals surface area contributed by atoms with E-state index in [1.54, 1.807) is 6.20 Å². The number of rotatable bonds is 5. The zero-order valence-corrected chi connectivity index (χ0v) is 10.6. The first-order valence-corrected chi connectivity index (χ1v) is 6.37. The highest BCUT2D eigenvalue weighted by Gasteiger charge is 2.05. The summed E-state index contributed by atoms with van der Waals surface area (Å²) in [6, 6.07) is 8.40. The molecule has 0 saturated carbocycles. The lowest BCUT2D eigenvalue weighted by Gasteiger charge is -2.15. The second-order valence-electron chi connectivity index (χ2n) is 4.15. The Morgan fingerprint density at radius 1 is 1.35 bits per heavy atom. The molecule has 1 unspecified atom stereocenters. The smallest absolute Gasteiger partial charge is 0.0950 e. The van der Waals surface area contributed by atoms with Crippen LogP contribution in [0.2, 0.25) is 0 Å². The van der Waals surface area contributed by atoms with Crippen molar-refractivity contribution < 1.29 is 0 Å². The van der Waals surface area contributed by atoms with Crippen LogP contribution in [0.5, 0.6) is 0 Å². The van der Waals surface area contributed by atoms with E-state index in [1.807, 2.05) is 18.2 Å². The number of aromatic nitrogens is 2. The third-order valence-electron chi connectivity index (χ3n) is 2.72. The molecule has 0 amide bonds. The van der Waals surface area contributed by atoms with E-state index >= 15 is 0 Å². The molecular formula is C13H16ClN3. The molecule has 90 valence electrons. The SMILES string of the molecule is CC(CCCCl)Nc1cnnc2ccccc12. The van der Waals surface area contributed by atoms with E-state index in [-0.39, 0.29) is 0 Å². The lowest BCUT2D eigenvalue weighted by Crippen LogP contribution is -2.15. The standard InChI is InChI=1S/C13H16ClN3/c1-10(5-4-8-14)16-13-9-15-17-12-7-3-2-6-11(12)13/h2-3,6-7,9-10H,4-5,8H2,1H3,(H,16,17). The second-order valence-corrected chi connectivity index (χ2v) is 4.53. The molecule has 0 aliphatic heterocycles. The lowest BCUT2D eigenvalue weighted by molar-refractivity contribution is 0.693. The van der Waals surface area contributed by atoms with Crippen LogP contribution < -0.4 is 5.32 Å². The highest BCUT2D eigenvalue weighted by Crippen LogP contribution is 2.21. The van der Waals surface area contributed by atoms with Crippen molar-refractivity contribution in [3.05, 3.63) is 30.5 Å². The largest absolute Gasteiger partial charge is 0.381 e. The minimum absolute atomic E-state index is 0.390. The van der Waals surface area contributed by atoms with Gasteiger partial charge in [-0.25, -0.2) is 0 Å². The number of alkyl halides is 1. The van der Waals surface area contributed by atoms with Gasteiger partial charge in [0.15, 0.2) is 0 Å². The van der Waals surface area contributed by atoms with Gasteiger partial charge in [0, 0.05) is 17.3 Å². The fourth-order valence-corrected chi connectivity index (χ4v) is 2.00.